The van der Waals surface area contributed by atoms with Crippen LogP contribution in [0.1, 0.15) is 11.1 Å². The van der Waals surface area contributed by atoms with Gasteiger partial charge in [-0.3, -0.25) is 0 Å². The van der Waals surface area contributed by atoms with Crippen LogP contribution in [0.3, 0.4) is 0 Å². The molecule has 0 amide bonds. The molecule has 0 aliphatic heterocycles. The average Bonchev–Trinajstić information content (AvgIpc) is 2.36. The molecule has 0 spiro atoms. The number of aliphatic hydroxyl groups excluding tert-OH is 1. The lowest BCUT2D eigenvalue weighted by Gasteiger charge is -2.07. The first kappa shape index (κ1) is 13.1. The van der Waals surface area contributed by atoms with Crippen LogP contribution in [0.15, 0.2) is 46.9 Å². The van der Waals surface area contributed by atoms with E-state index in [2.05, 4.69) is 15.9 Å². The first-order valence-electron chi connectivity index (χ1n) is 5.45. The lowest BCUT2D eigenvalue weighted by molar-refractivity contribution is 0.281. The van der Waals surface area contributed by atoms with Crippen molar-refractivity contribution in [3.8, 4) is 5.75 Å². The molecule has 0 aromatic heterocycles. The standard InChI is InChI=1S/C14H12BrFO2/c15-12-5-13(16)7-14(6-12)18-9-11-3-1-10(8-17)2-4-11/h1-7,17H,8-9H2. The largest absolute Gasteiger partial charge is 0.489 e. The van der Waals surface area contributed by atoms with Crippen molar-refractivity contribution < 1.29 is 14.2 Å². The zero-order valence-corrected chi connectivity index (χ0v) is 11.2. The third-order valence-electron chi connectivity index (χ3n) is 2.45. The van der Waals surface area contributed by atoms with Gasteiger partial charge in [0.25, 0.3) is 0 Å². The van der Waals surface area contributed by atoms with Crippen LogP contribution < -0.4 is 4.74 Å². The van der Waals surface area contributed by atoms with Crippen molar-refractivity contribution in [3.05, 3.63) is 63.9 Å². The Labute approximate surface area is 113 Å². The Kier molecular flexibility index (Phi) is 4.33. The van der Waals surface area contributed by atoms with Gasteiger partial charge in [-0.1, -0.05) is 40.2 Å². The third kappa shape index (κ3) is 3.55. The number of ether oxygens (including phenoxy) is 1. The highest BCUT2D eigenvalue weighted by Gasteiger charge is 2.01. The summed E-state index contributed by atoms with van der Waals surface area (Å²) in [6.45, 7) is 0.388. The SMILES string of the molecule is OCc1ccc(COc2cc(F)cc(Br)c2)cc1. The molecular formula is C14H12BrFO2. The predicted octanol–water partition coefficient (Wildman–Crippen LogP) is 3.66. The van der Waals surface area contributed by atoms with Crippen molar-refractivity contribution in [2.75, 3.05) is 0 Å². The molecule has 2 nitrogen and oxygen atoms in total. The maximum Gasteiger partial charge on any atom is 0.128 e. The van der Waals surface area contributed by atoms with Gasteiger partial charge in [0.2, 0.25) is 0 Å². The van der Waals surface area contributed by atoms with Crippen LogP contribution in [-0.2, 0) is 13.2 Å². The van der Waals surface area contributed by atoms with Gasteiger partial charge in [-0.2, -0.15) is 0 Å². The third-order valence-corrected chi connectivity index (χ3v) is 2.90. The molecular weight excluding hydrogens is 299 g/mol. The molecule has 0 unspecified atom stereocenters. The van der Waals surface area contributed by atoms with E-state index in [4.69, 9.17) is 9.84 Å². The molecule has 94 valence electrons. The topological polar surface area (TPSA) is 29.5 Å². The Morgan fingerprint density at radius 1 is 1.06 bits per heavy atom. The fourth-order valence-electron chi connectivity index (χ4n) is 1.52. The van der Waals surface area contributed by atoms with Crippen LogP contribution in [0.25, 0.3) is 0 Å². The summed E-state index contributed by atoms with van der Waals surface area (Å²) in [5.74, 6) is 0.142. The van der Waals surface area contributed by atoms with Gasteiger partial charge in [-0.15, -0.1) is 0 Å². The molecule has 0 aliphatic rings. The second kappa shape index (κ2) is 5.98. The maximum absolute atomic E-state index is 13.1. The minimum atomic E-state index is -0.338. The molecule has 4 heteroatoms. The van der Waals surface area contributed by atoms with E-state index in [1.165, 1.54) is 12.1 Å². The highest BCUT2D eigenvalue weighted by atomic mass is 79.9. The molecule has 0 bridgehead atoms. The molecule has 0 atom stereocenters. The van der Waals surface area contributed by atoms with E-state index in [1.54, 1.807) is 6.07 Å². The lowest BCUT2D eigenvalue weighted by atomic mass is 10.1. The van der Waals surface area contributed by atoms with Gasteiger partial charge >= 0.3 is 0 Å². The summed E-state index contributed by atoms with van der Waals surface area (Å²) in [4.78, 5) is 0. The van der Waals surface area contributed by atoms with E-state index in [-0.39, 0.29) is 12.4 Å². The first-order valence-corrected chi connectivity index (χ1v) is 6.24. The molecule has 2 aromatic rings. The van der Waals surface area contributed by atoms with Crippen molar-refractivity contribution in [1.29, 1.82) is 0 Å². The molecule has 0 saturated carbocycles. The van der Waals surface area contributed by atoms with Crippen molar-refractivity contribution in [2.24, 2.45) is 0 Å². The number of aliphatic hydroxyl groups is 1. The van der Waals surface area contributed by atoms with Crippen molar-refractivity contribution in [3.63, 3.8) is 0 Å². The molecule has 0 fully saturated rings. The summed E-state index contributed by atoms with van der Waals surface area (Å²) in [6.07, 6.45) is 0. The van der Waals surface area contributed by atoms with E-state index >= 15 is 0 Å². The predicted molar refractivity (Wildman–Crippen MR) is 70.8 cm³/mol. The summed E-state index contributed by atoms with van der Waals surface area (Å²) in [6, 6.07) is 11.8. The van der Waals surface area contributed by atoms with Gasteiger partial charge in [-0.05, 0) is 23.3 Å². The average molecular weight is 311 g/mol. The van der Waals surface area contributed by atoms with Gasteiger partial charge in [0.15, 0.2) is 0 Å². The van der Waals surface area contributed by atoms with Crippen LogP contribution in [-0.4, -0.2) is 5.11 Å². The molecule has 0 radical (unpaired) electrons. The van der Waals surface area contributed by atoms with E-state index in [0.717, 1.165) is 11.1 Å². The molecule has 0 saturated heterocycles. The van der Waals surface area contributed by atoms with Gasteiger partial charge in [0.1, 0.15) is 18.2 Å². The number of rotatable bonds is 4. The highest BCUT2D eigenvalue weighted by Crippen LogP contribution is 2.21. The van der Waals surface area contributed by atoms with E-state index < -0.39 is 0 Å². The highest BCUT2D eigenvalue weighted by molar-refractivity contribution is 9.10. The van der Waals surface area contributed by atoms with Crippen LogP contribution in [0.5, 0.6) is 5.75 Å². The summed E-state index contributed by atoms with van der Waals surface area (Å²) < 4.78 is 19.3. The summed E-state index contributed by atoms with van der Waals surface area (Å²) in [5, 5.41) is 8.92. The monoisotopic (exact) mass is 310 g/mol. The molecule has 1 N–H and O–H groups in total. The number of hydrogen-bond donors (Lipinski definition) is 1. The normalized spacial score (nSPS) is 10.4. The van der Waals surface area contributed by atoms with Crippen molar-refractivity contribution >= 4 is 15.9 Å². The molecule has 18 heavy (non-hydrogen) atoms. The zero-order chi connectivity index (χ0) is 13.0. The van der Waals surface area contributed by atoms with E-state index in [0.29, 0.717) is 16.8 Å². The molecule has 0 aliphatic carbocycles. The first-order chi connectivity index (χ1) is 8.67. The number of halogens is 2. The van der Waals surface area contributed by atoms with E-state index in [1.807, 2.05) is 24.3 Å². The van der Waals surface area contributed by atoms with Gasteiger partial charge in [0.05, 0.1) is 6.61 Å². The van der Waals surface area contributed by atoms with E-state index in [9.17, 15) is 4.39 Å². The number of hydrogen-bond acceptors (Lipinski definition) is 2. The lowest BCUT2D eigenvalue weighted by Crippen LogP contribution is -1.96. The van der Waals surface area contributed by atoms with Crippen LogP contribution >= 0.6 is 15.9 Å². The van der Waals surface area contributed by atoms with Crippen LogP contribution in [0, 0.1) is 5.82 Å². The number of benzene rings is 2. The Morgan fingerprint density at radius 3 is 2.33 bits per heavy atom. The minimum Gasteiger partial charge on any atom is -0.489 e. The Bertz CT molecular complexity index is 506. The summed E-state index contributed by atoms with van der Waals surface area (Å²) in [5.41, 5.74) is 1.82. The Hall–Kier alpha value is -1.39. The molecule has 0 heterocycles. The maximum atomic E-state index is 13.1. The molecule has 2 aromatic carbocycles. The smallest absolute Gasteiger partial charge is 0.128 e. The Morgan fingerprint density at radius 2 is 1.72 bits per heavy atom. The summed E-state index contributed by atoms with van der Waals surface area (Å²) >= 11 is 3.21. The fraction of sp³-hybridized carbons (Fsp3) is 0.143. The summed E-state index contributed by atoms with van der Waals surface area (Å²) in [7, 11) is 0. The van der Waals surface area contributed by atoms with Gasteiger partial charge in [-0.25, -0.2) is 4.39 Å². The fourth-order valence-corrected chi connectivity index (χ4v) is 1.96. The van der Waals surface area contributed by atoms with Crippen molar-refractivity contribution in [2.45, 2.75) is 13.2 Å². The van der Waals surface area contributed by atoms with Crippen LogP contribution in [0.2, 0.25) is 0 Å². The van der Waals surface area contributed by atoms with Gasteiger partial charge < -0.3 is 9.84 Å². The van der Waals surface area contributed by atoms with Crippen molar-refractivity contribution in [1.82, 2.24) is 0 Å². The minimum absolute atomic E-state index is 0.0258. The Balaban J connectivity index is 2.01. The molecule has 2 rings (SSSR count). The van der Waals surface area contributed by atoms with Crippen LogP contribution in [0.4, 0.5) is 4.39 Å². The second-order valence-corrected chi connectivity index (χ2v) is 4.78. The zero-order valence-electron chi connectivity index (χ0n) is 9.57. The quantitative estimate of drug-likeness (QED) is 0.934. The second-order valence-electron chi connectivity index (χ2n) is 3.87. The van der Waals surface area contributed by atoms with Gasteiger partial charge in [0, 0.05) is 10.5 Å².